The Morgan fingerprint density at radius 1 is 1.00 bits per heavy atom. The number of aromatic nitrogens is 2. The average molecular weight is 358 g/mol. The summed E-state index contributed by atoms with van der Waals surface area (Å²) in [6, 6.07) is 13.7. The number of nitrogens with one attached hydrogen (secondary N) is 1. The van der Waals surface area contributed by atoms with Crippen LogP contribution in [0, 0.1) is 0 Å². The van der Waals surface area contributed by atoms with Gasteiger partial charge in [-0.2, -0.15) is 0 Å². The number of hydrogen-bond acceptors (Lipinski definition) is 3. The molecule has 0 spiro atoms. The molecule has 1 aromatic carbocycles. The van der Waals surface area contributed by atoms with E-state index in [0.29, 0.717) is 33.3 Å². The van der Waals surface area contributed by atoms with Gasteiger partial charge < -0.3 is 5.32 Å². The minimum atomic E-state index is -2.66. The highest BCUT2D eigenvalue weighted by atomic mass is 35.5. The highest BCUT2D eigenvalue weighted by molar-refractivity contribution is 6.30. The van der Waals surface area contributed by atoms with Crippen LogP contribution in [0.5, 0.6) is 0 Å². The first-order chi connectivity index (χ1) is 12.1. The normalized spacial score (nSPS) is 18.4. The lowest BCUT2D eigenvalue weighted by Gasteiger charge is -2.40. The van der Waals surface area contributed by atoms with Gasteiger partial charge in [-0.1, -0.05) is 23.7 Å². The highest BCUT2D eigenvalue weighted by Gasteiger charge is 2.49. The van der Waals surface area contributed by atoms with Gasteiger partial charge in [0, 0.05) is 40.8 Å². The third-order valence-electron chi connectivity index (χ3n) is 4.56. The van der Waals surface area contributed by atoms with Crippen molar-refractivity contribution in [3.8, 4) is 0 Å². The monoisotopic (exact) mass is 357 g/mol. The van der Waals surface area contributed by atoms with Crippen LogP contribution < -0.4 is 5.32 Å². The molecule has 3 aromatic rings. The Balaban J connectivity index is 2.00. The van der Waals surface area contributed by atoms with Crippen LogP contribution in [0.15, 0.2) is 60.9 Å². The molecule has 1 atom stereocenters. The highest BCUT2D eigenvalue weighted by Crippen LogP contribution is 2.50. The van der Waals surface area contributed by atoms with Crippen LogP contribution in [-0.4, -0.2) is 16.4 Å². The molecule has 126 valence electrons. The Bertz CT molecular complexity index is 918. The summed E-state index contributed by atoms with van der Waals surface area (Å²) in [5.41, 5.74) is 0.521. The fourth-order valence-electron chi connectivity index (χ4n) is 3.42. The zero-order chi connectivity index (χ0) is 17.4. The summed E-state index contributed by atoms with van der Waals surface area (Å²) >= 11 is 6.13. The summed E-state index contributed by atoms with van der Waals surface area (Å²) in [4.78, 5) is 8.52. The van der Waals surface area contributed by atoms with E-state index in [9.17, 15) is 8.78 Å². The van der Waals surface area contributed by atoms with Crippen molar-refractivity contribution < 1.29 is 8.78 Å². The maximum Gasteiger partial charge on any atom is 0.252 e. The molecule has 2 aromatic heterocycles. The van der Waals surface area contributed by atoms with Crippen LogP contribution in [0.25, 0.3) is 0 Å². The van der Waals surface area contributed by atoms with Crippen molar-refractivity contribution >= 4 is 23.1 Å². The Morgan fingerprint density at radius 3 is 2.60 bits per heavy atom. The summed E-state index contributed by atoms with van der Waals surface area (Å²) in [5.74, 6) is 0.438. The Labute approximate surface area is 148 Å². The van der Waals surface area contributed by atoms with Gasteiger partial charge in [-0.3, -0.25) is 4.98 Å². The zero-order valence-electron chi connectivity index (χ0n) is 13.1. The van der Waals surface area contributed by atoms with Crippen molar-refractivity contribution in [1.29, 1.82) is 0 Å². The van der Waals surface area contributed by atoms with Crippen LogP contribution in [0.3, 0.4) is 0 Å². The number of halogens is 3. The lowest BCUT2D eigenvalue weighted by Crippen LogP contribution is -2.42. The van der Waals surface area contributed by atoms with Gasteiger partial charge in [0.2, 0.25) is 0 Å². The van der Waals surface area contributed by atoms with E-state index in [1.54, 1.807) is 60.9 Å². The van der Waals surface area contributed by atoms with Gasteiger partial charge >= 0.3 is 0 Å². The topological polar surface area (TPSA) is 37.8 Å². The van der Waals surface area contributed by atoms with Crippen molar-refractivity contribution in [3.05, 3.63) is 82.8 Å². The average Bonchev–Trinajstić information content (AvgIpc) is 2.62. The van der Waals surface area contributed by atoms with Crippen LogP contribution in [0.1, 0.15) is 16.8 Å². The maximum absolute atomic E-state index is 14.6. The second-order valence-corrected chi connectivity index (χ2v) is 6.42. The van der Waals surface area contributed by atoms with Gasteiger partial charge in [-0.05, 0) is 42.0 Å². The minimum Gasteiger partial charge on any atom is -0.340 e. The Hall–Kier alpha value is -2.53. The number of anilines is 2. The summed E-state index contributed by atoms with van der Waals surface area (Å²) < 4.78 is 29.2. The van der Waals surface area contributed by atoms with E-state index >= 15 is 0 Å². The molecule has 6 heteroatoms. The molecule has 0 aliphatic carbocycles. The molecule has 1 N–H and O–H groups in total. The Kier molecular flexibility index (Phi) is 3.88. The van der Waals surface area contributed by atoms with E-state index < -0.39 is 11.8 Å². The molecule has 3 heterocycles. The predicted octanol–water partition coefficient (Wildman–Crippen LogP) is 4.98. The summed E-state index contributed by atoms with van der Waals surface area (Å²) in [6.07, 6.45) is 0.596. The van der Waals surface area contributed by atoms with Crippen molar-refractivity contribution in [1.82, 2.24) is 9.97 Å². The third-order valence-corrected chi connectivity index (χ3v) is 4.80. The molecule has 3 nitrogen and oxygen atoms in total. The van der Waals surface area contributed by atoms with Crippen LogP contribution in [0.4, 0.5) is 20.3 Å². The smallest absolute Gasteiger partial charge is 0.252 e. The predicted molar refractivity (Wildman–Crippen MR) is 93.7 cm³/mol. The van der Waals surface area contributed by atoms with Crippen molar-refractivity contribution in [2.45, 2.75) is 18.3 Å². The second kappa shape index (κ2) is 6.08. The van der Waals surface area contributed by atoms with Crippen molar-refractivity contribution in [2.24, 2.45) is 0 Å². The molecule has 4 rings (SSSR count). The van der Waals surface area contributed by atoms with Gasteiger partial charge in [0.1, 0.15) is 5.82 Å². The van der Waals surface area contributed by atoms with Crippen molar-refractivity contribution in [3.63, 3.8) is 0 Å². The summed E-state index contributed by atoms with van der Waals surface area (Å²) in [7, 11) is 0. The molecular weight excluding hydrogens is 344 g/mol. The fourth-order valence-corrected chi connectivity index (χ4v) is 3.60. The minimum absolute atomic E-state index is 0.0548. The number of fused-ring (bicyclic) bond motifs is 2. The van der Waals surface area contributed by atoms with E-state index in [1.165, 1.54) is 0 Å². The largest absolute Gasteiger partial charge is 0.340 e. The number of benzene rings is 1. The van der Waals surface area contributed by atoms with E-state index in [0.717, 1.165) is 0 Å². The first-order valence-corrected chi connectivity index (χ1v) is 8.19. The Morgan fingerprint density at radius 2 is 1.84 bits per heavy atom. The molecule has 1 aliphatic rings. The maximum atomic E-state index is 14.6. The van der Waals surface area contributed by atoms with Crippen LogP contribution in [-0.2, 0) is 11.8 Å². The first-order valence-electron chi connectivity index (χ1n) is 7.82. The summed E-state index contributed by atoms with van der Waals surface area (Å²) in [5, 5.41) is 3.56. The van der Waals surface area contributed by atoms with Crippen LogP contribution >= 0.6 is 11.6 Å². The standard InChI is InChI=1S/C19H14ClF2N3/c20-12-6-7-16-15(10-12)19(18(21)22,11-13-4-1-2-8-23-13)14-5-3-9-24-17(14)25-16/h1-10,18H,11H2,(H,24,25). The molecular formula is C19H14ClF2N3. The van der Waals surface area contributed by atoms with E-state index in [-0.39, 0.29) is 6.42 Å². The summed E-state index contributed by atoms with van der Waals surface area (Å²) in [6.45, 7) is 0. The molecule has 0 fully saturated rings. The molecule has 1 aliphatic heterocycles. The first kappa shape index (κ1) is 16.0. The SMILES string of the molecule is FC(F)C1(Cc2ccccn2)c2cc(Cl)ccc2Nc2ncccc21. The molecule has 0 radical (unpaired) electrons. The number of alkyl halides is 2. The lowest BCUT2D eigenvalue weighted by molar-refractivity contribution is 0.0702. The fraction of sp³-hybridized carbons (Fsp3) is 0.158. The van der Waals surface area contributed by atoms with Gasteiger partial charge in [0.25, 0.3) is 6.43 Å². The van der Waals surface area contributed by atoms with Gasteiger partial charge in [-0.15, -0.1) is 0 Å². The molecule has 1 unspecified atom stereocenters. The molecule has 25 heavy (non-hydrogen) atoms. The van der Waals surface area contributed by atoms with Crippen molar-refractivity contribution in [2.75, 3.05) is 5.32 Å². The molecule has 0 bridgehead atoms. The van der Waals surface area contributed by atoms with E-state index in [1.807, 2.05) is 0 Å². The van der Waals surface area contributed by atoms with Crippen LogP contribution in [0.2, 0.25) is 5.02 Å². The zero-order valence-corrected chi connectivity index (χ0v) is 13.8. The number of rotatable bonds is 3. The van der Waals surface area contributed by atoms with E-state index in [2.05, 4.69) is 15.3 Å². The lowest BCUT2D eigenvalue weighted by atomic mass is 9.69. The molecule has 0 saturated carbocycles. The number of hydrogen-bond donors (Lipinski definition) is 1. The quantitative estimate of drug-likeness (QED) is 0.718. The van der Waals surface area contributed by atoms with E-state index in [4.69, 9.17) is 11.6 Å². The van der Waals surface area contributed by atoms with Gasteiger partial charge in [0.15, 0.2) is 0 Å². The number of nitrogens with zero attached hydrogens (tertiary/aromatic N) is 2. The number of pyridine rings is 2. The molecule has 0 saturated heterocycles. The van der Waals surface area contributed by atoms with Gasteiger partial charge in [0.05, 0.1) is 5.41 Å². The molecule has 0 amide bonds. The second-order valence-electron chi connectivity index (χ2n) is 5.98. The third kappa shape index (κ3) is 2.55. The van der Waals surface area contributed by atoms with Gasteiger partial charge in [-0.25, -0.2) is 13.8 Å².